The molecule has 2 atom stereocenters. The fraction of sp³-hybridized carbons (Fsp3) is 0.282. The molecule has 3 aromatic carbocycles. The molecule has 9 nitrogen and oxygen atoms in total. The van der Waals surface area contributed by atoms with Crippen LogP contribution in [0.5, 0.6) is 5.88 Å². The first-order valence-electron chi connectivity index (χ1n) is 16.8. The second-order valence-corrected chi connectivity index (χ2v) is 13.6. The lowest BCUT2D eigenvalue weighted by Gasteiger charge is -2.24. The van der Waals surface area contributed by atoms with E-state index in [1.807, 2.05) is 67.7 Å². The standard InChI is InChI=1S/C39H38Cl2N6O3/c1-47(34-16-18-36(49)46-34)22-25-11-15-33(45-39(25)50-2)30-8-4-6-28(38(30)41)27-5-3-7-29(37(27)40)32-14-10-24-19-23(9-13-31(24)44-32)20-42-21-26-12-17-35(48)43-26/h3-11,13-15,19,26,34,42H,12,16-18,20-22H2,1-2H3,(H,43,48)(H,46,49)/t26-,34-/m0/s1. The number of carbonyl (C=O) groups excluding carboxylic acids is 2. The molecule has 2 amide bonds. The van der Waals surface area contributed by atoms with E-state index in [1.54, 1.807) is 7.11 Å². The summed E-state index contributed by atoms with van der Waals surface area (Å²) in [6, 6.07) is 26.2. The van der Waals surface area contributed by atoms with Crippen molar-refractivity contribution in [3.8, 4) is 39.5 Å². The first kappa shape index (κ1) is 33.9. The minimum atomic E-state index is -0.0109. The summed E-state index contributed by atoms with van der Waals surface area (Å²) in [5, 5.41) is 11.6. The van der Waals surface area contributed by atoms with Crippen molar-refractivity contribution < 1.29 is 14.3 Å². The van der Waals surface area contributed by atoms with Crippen molar-refractivity contribution in [2.75, 3.05) is 20.7 Å². The summed E-state index contributed by atoms with van der Waals surface area (Å²) in [4.78, 5) is 35.1. The molecule has 0 radical (unpaired) electrons. The molecule has 3 N–H and O–H groups in total. The van der Waals surface area contributed by atoms with Gasteiger partial charge in [0, 0.05) is 71.7 Å². The highest BCUT2D eigenvalue weighted by atomic mass is 35.5. The number of ether oxygens (including phenoxy) is 1. The number of aromatic nitrogens is 2. The Kier molecular flexibility index (Phi) is 10.0. The third-order valence-electron chi connectivity index (χ3n) is 9.45. The molecule has 2 saturated heterocycles. The Morgan fingerprint density at radius 2 is 1.48 bits per heavy atom. The van der Waals surface area contributed by atoms with Gasteiger partial charge in [-0.25, -0.2) is 9.97 Å². The van der Waals surface area contributed by atoms with Gasteiger partial charge in [-0.15, -0.1) is 0 Å². The van der Waals surface area contributed by atoms with E-state index in [-0.39, 0.29) is 24.0 Å². The van der Waals surface area contributed by atoms with Crippen LogP contribution in [-0.4, -0.2) is 59.6 Å². The average molecular weight is 710 g/mol. The average Bonchev–Trinajstić information content (AvgIpc) is 3.76. The molecule has 11 heteroatoms. The second-order valence-electron chi connectivity index (χ2n) is 12.9. The number of pyridine rings is 2. The Morgan fingerprint density at radius 1 is 0.820 bits per heavy atom. The van der Waals surface area contributed by atoms with Crippen molar-refractivity contribution in [3.05, 3.63) is 100 Å². The number of rotatable bonds is 11. The predicted molar refractivity (Wildman–Crippen MR) is 198 cm³/mol. The van der Waals surface area contributed by atoms with Crippen LogP contribution in [0.1, 0.15) is 36.8 Å². The Labute approximate surface area is 301 Å². The normalized spacial score (nSPS) is 17.4. The van der Waals surface area contributed by atoms with E-state index in [0.29, 0.717) is 47.6 Å². The van der Waals surface area contributed by atoms with Crippen molar-refractivity contribution in [1.82, 2.24) is 30.8 Å². The first-order chi connectivity index (χ1) is 24.3. The number of fused-ring (bicyclic) bond motifs is 1. The molecular weight excluding hydrogens is 671 g/mol. The van der Waals surface area contributed by atoms with Gasteiger partial charge >= 0.3 is 0 Å². The molecule has 4 heterocycles. The van der Waals surface area contributed by atoms with E-state index in [9.17, 15) is 9.59 Å². The zero-order valence-corrected chi connectivity index (χ0v) is 29.4. The highest BCUT2D eigenvalue weighted by Gasteiger charge is 2.25. The van der Waals surface area contributed by atoms with Crippen molar-refractivity contribution in [1.29, 1.82) is 0 Å². The molecule has 50 heavy (non-hydrogen) atoms. The van der Waals surface area contributed by atoms with Gasteiger partial charge in [0.2, 0.25) is 17.7 Å². The Morgan fingerprint density at radius 3 is 2.14 bits per heavy atom. The number of nitrogens with one attached hydrogen (secondary N) is 3. The third-order valence-corrected chi connectivity index (χ3v) is 10.3. The number of nitrogens with zero attached hydrogens (tertiary/aromatic N) is 3. The van der Waals surface area contributed by atoms with Gasteiger partial charge in [0.05, 0.1) is 40.2 Å². The number of hydrogen-bond acceptors (Lipinski definition) is 7. The maximum atomic E-state index is 11.7. The highest BCUT2D eigenvalue weighted by molar-refractivity contribution is 6.39. The van der Waals surface area contributed by atoms with E-state index in [1.165, 1.54) is 0 Å². The van der Waals surface area contributed by atoms with Gasteiger partial charge < -0.3 is 20.7 Å². The number of benzene rings is 3. The molecule has 0 spiro atoms. The van der Waals surface area contributed by atoms with E-state index >= 15 is 0 Å². The van der Waals surface area contributed by atoms with Crippen LogP contribution in [0.2, 0.25) is 10.0 Å². The topological polar surface area (TPSA) is 108 Å². The van der Waals surface area contributed by atoms with Crippen LogP contribution in [0, 0.1) is 0 Å². The van der Waals surface area contributed by atoms with Gasteiger partial charge in [-0.05, 0) is 49.7 Å². The predicted octanol–water partition coefficient (Wildman–Crippen LogP) is 6.98. The first-order valence-corrected chi connectivity index (χ1v) is 17.5. The van der Waals surface area contributed by atoms with Gasteiger partial charge in [-0.3, -0.25) is 14.5 Å². The number of methoxy groups -OCH3 is 1. The zero-order chi connectivity index (χ0) is 34.8. The number of amides is 2. The third kappa shape index (κ3) is 7.18. The van der Waals surface area contributed by atoms with Crippen LogP contribution >= 0.6 is 23.2 Å². The van der Waals surface area contributed by atoms with Crippen LogP contribution in [0.4, 0.5) is 0 Å². The van der Waals surface area contributed by atoms with Gasteiger partial charge in [0.25, 0.3) is 0 Å². The second kappa shape index (κ2) is 14.7. The van der Waals surface area contributed by atoms with Crippen molar-refractivity contribution in [2.24, 2.45) is 0 Å². The molecule has 2 aliphatic rings. The summed E-state index contributed by atoms with van der Waals surface area (Å²) in [5.41, 5.74) is 7.53. The highest BCUT2D eigenvalue weighted by Crippen LogP contribution is 2.42. The Hall–Kier alpha value is -4.54. The van der Waals surface area contributed by atoms with E-state index in [2.05, 4.69) is 39.0 Å². The lowest BCUT2D eigenvalue weighted by Crippen LogP contribution is -2.40. The number of halogens is 2. The van der Waals surface area contributed by atoms with E-state index in [0.717, 1.165) is 69.4 Å². The largest absolute Gasteiger partial charge is 0.481 e. The molecule has 2 fully saturated rings. The van der Waals surface area contributed by atoms with Crippen LogP contribution in [0.25, 0.3) is 44.5 Å². The maximum absolute atomic E-state index is 11.7. The lowest BCUT2D eigenvalue weighted by molar-refractivity contribution is -0.120. The summed E-state index contributed by atoms with van der Waals surface area (Å²) in [6.45, 7) is 2.03. The molecule has 256 valence electrons. The fourth-order valence-electron chi connectivity index (χ4n) is 6.76. The monoisotopic (exact) mass is 708 g/mol. The summed E-state index contributed by atoms with van der Waals surface area (Å²) in [5.74, 6) is 0.706. The van der Waals surface area contributed by atoms with Crippen molar-refractivity contribution >= 4 is 45.9 Å². The molecule has 2 aliphatic heterocycles. The molecular formula is C39H38Cl2N6O3. The molecule has 0 unspecified atom stereocenters. The van der Waals surface area contributed by atoms with Crippen LogP contribution in [0.15, 0.2) is 78.9 Å². The maximum Gasteiger partial charge on any atom is 0.221 e. The van der Waals surface area contributed by atoms with Gasteiger partial charge in [-0.1, -0.05) is 77.8 Å². The molecule has 5 aromatic rings. The summed E-state index contributed by atoms with van der Waals surface area (Å²) < 4.78 is 5.70. The summed E-state index contributed by atoms with van der Waals surface area (Å²) in [7, 11) is 3.58. The molecule has 0 aliphatic carbocycles. The van der Waals surface area contributed by atoms with E-state index < -0.39 is 0 Å². The van der Waals surface area contributed by atoms with Crippen LogP contribution < -0.4 is 20.7 Å². The zero-order valence-electron chi connectivity index (χ0n) is 27.9. The van der Waals surface area contributed by atoms with Gasteiger partial charge in [0.15, 0.2) is 0 Å². The fourth-order valence-corrected chi connectivity index (χ4v) is 7.40. The number of hydrogen-bond donors (Lipinski definition) is 3. The Bertz CT molecular complexity index is 2090. The van der Waals surface area contributed by atoms with E-state index in [4.69, 9.17) is 37.9 Å². The number of carbonyl (C=O) groups is 2. The molecule has 7 rings (SSSR count). The Balaban J connectivity index is 1.11. The molecule has 0 saturated carbocycles. The smallest absolute Gasteiger partial charge is 0.221 e. The van der Waals surface area contributed by atoms with Crippen molar-refractivity contribution in [2.45, 2.75) is 51.0 Å². The molecule has 2 aromatic heterocycles. The quantitative estimate of drug-likeness (QED) is 0.136. The minimum absolute atomic E-state index is 0.0109. The molecule has 0 bridgehead atoms. The van der Waals surface area contributed by atoms with Crippen LogP contribution in [-0.2, 0) is 22.7 Å². The summed E-state index contributed by atoms with van der Waals surface area (Å²) >= 11 is 14.2. The minimum Gasteiger partial charge on any atom is -0.481 e. The lowest BCUT2D eigenvalue weighted by atomic mass is 9.98. The SMILES string of the molecule is COc1nc(-c2cccc(-c3cccc(-c4ccc5cc(CNC[C@@H]6CCC(=O)N6)ccc5n4)c3Cl)c2Cl)ccc1CN(C)[C@H]1CCC(=O)N1. The van der Waals surface area contributed by atoms with Gasteiger partial charge in [-0.2, -0.15) is 0 Å². The van der Waals surface area contributed by atoms with Crippen molar-refractivity contribution in [3.63, 3.8) is 0 Å². The van der Waals surface area contributed by atoms with Crippen LogP contribution in [0.3, 0.4) is 0 Å². The van der Waals surface area contributed by atoms with Gasteiger partial charge in [0.1, 0.15) is 0 Å². The summed E-state index contributed by atoms with van der Waals surface area (Å²) in [6.07, 6.45) is 2.78.